The van der Waals surface area contributed by atoms with E-state index < -0.39 is 0 Å². The van der Waals surface area contributed by atoms with E-state index in [1.807, 2.05) is 0 Å². The Bertz CT molecular complexity index is 512. The highest BCUT2D eigenvalue weighted by atomic mass is 16.3. The van der Waals surface area contributed by atoms with Crippen molar-refractivity contribution >= 4 is 11.5 Å². The molecule has 0 amide bonds. The zero-order chi connectivity index (χ0) is 11.4. The summed E-state index contributed by atoms with van der Waals surface area (Å²) in [6, 6.07) is 9.09. The fourth-order valence-electron chi connectivity index (χ4n) is 1.10. The first kappa shape index (κ1) is 10.1. The Balaban J connectivity index is 2.24. The minimum Gasteiger partial charge on any atom is -0.871 e. The van der Waals surface area contributed by atoms with Gasteiger partial charge in [0.15, 0.2) is 5.82 Å². The van der Waals surface area contributed by atoms with Crippen LogP contribution in [0.4, 0.5) is 11.5 Å². The molecule has 0 saturated carbocycles. The number of rotatable bonds is 2. The zero-order valence-electron chi connectivity index (χ0n) is 8.24. The van der Waals surface area contributed by atoms with Crippen molar-refractivity contribution < 1.29 is 10.2 Å². The van der Waals surface area contributed by atoms with E-state index in [1.165, 1.54) is 12.1 Å². The lowest BCUT2D eigenvalue weighted by molar-refractivity contribution is -0.267. The van der Waals surface area contributed by atoms with E-state index in [-0.39, 0.29) is 17.2 Å². The monoisotopic (exact) mass is 214 g/mol. The molecule has 0 bridgehead atoms. The van der Waals surface area contributed by atoms with Gasteiger partial charge in [-0.1, -0.05) is 11.8 Å². The molecule has 0 aliphatic heterocycles. The number of phenolic OH excluding ortho intramolecular Hbond substituents is 1. The molecular formula is C11H8N3O2-. The molecule has 0 saturated heterocycles. The lowest BCUT2D eigenvalue weighted by Crippen LogP contribution is -1.88. The zero-order valence-corrected chi connectivity index (χ0v) is 8.24. The molecule has 16 heavy (non-hydrogen) atoms. The predicted molar refractivity (Wildman–Crippen MR) is 56.0 cm³/mol. The van der Waals surface area contributed by atoms with Crippen molar-refractivity contribution in [1.29, 1.82) is 0 Å². The van der Waals surface area contributed by atoms with Gasteiger partial charge in [0.05, 0.1) is 5.69 Å². The summed E-state index contributed by atoms with van der Waals surface area (Å²) in [6.07, 6.45) is 1.59. The van der Waals surface area contributed by atoms with Crippen LogP contribution in [-0.2, 0) is 0 Å². The molecule has 1 N–H and O–H groups in total. The third-order valence-electron chi connectivity index (χ3n) is 1.85. The molecule has 1 aromatic heterocycles. The molecule has 0 aliphatic rings. The van der Waals surface area contributed by atoms with Crippen LogP contribution < -0.4 is 5.11 Å². The van der Waals surface area contributed by atoms with Crippen LogP contribution in [-0.4, -0.2) is 10.1 Å². The minimum absolute atomic E-state index is 0.0817. The predicted octanol–water partition coefficient (Wildman–Crippen LogP) is 2.28. The van der Waals surface area contributed by atoms with E-state index >= 15 is 0 Å². The normalized spacial score (nSPS) is 10.8. The lowest BCUT2D eigenvalue weighted by atomic mass is 10.3. The number of nitrogens with zero attached hydrogens (tertiary/aromatic N) is 3. The van der Waals surface area contributed by atoms with E-state index in [4.69, 9.17) is 5.11 Å². The minimum atomic E-state index is -0.375. The van der Waals surface area contributed by atoms with Gasteiger partial charge in [-0.05, 0) is 30.3 Å². The number of aromatic hydroxyl groups is 1. The highest BCUT2D eigenvalue weighted by molar-refractivity contribution is 5.52. The highest BCUT2D eigenvalue weighted by Crippen LogP contribution is 2.28. The molecule has 2 aromatic rings. The van der Waals surface area contributed by atoms with E-state index in [2.05, 4.69) is 15.2 Å². The van der Waals surface area contributed by atoms with Gasteiger partial charge in [0.2, 0.25) is 0 Å². The Morgan fingerprint density at radius 1 is 1.12 bits per heavy atom. The van der Waals surface area contributed by atoms with Crippen LogP contribution in [0.5, 0.6) is 11.5 Å². The standard InChI is InChI=1S/C11H9N3O2/c15-8-4-5-9(10(16)7-8)13-14-11-3-1-2-6-12-11/h1-7,15-16H/p-1. The van der Waals surface area contributed by atoms with Gasteiger partial charge in [0.1, 0.15) is 5.75 Å². The molecule has 0 unspecified atom stereocenters. The average Bonchev–Trinajstić information content (AvgIpc) is 2.29. The first-order valence-corrected chi connectivity index (χ1v) is 4.58. The van der Waals surface area contributed by atoms with Crippen molar-refractivity contribution in [2.45, 2.75) is 0 Å². The summed E-state index contributed by atoms with van der Waals surface area (Å²) in [6.45, 7) is 0. The SMILES string of the molecule is [O-]c1cc(O)ccc1N=Nc1ccccn1. The molecule has 0 spiro atoms. The molecule has 1 aromatic carbocycles. The quantitative estimate of drug-likeness (QED) is 0.778. The number of aromatic nitrogens is 1. The molecule has 0 fully saturated rings. The van der Waals surface area contributed by atoms with Gasteiger partial charge in [0.25, 0.3) is 0 Å². The van der Waals surface area contributed by atoms with Crippen molar-refractivity contribution in [3.05, 3.63) is 42.6 Å². The maximum atomic E-state index is 11.3. The largest absolute Gasteiger partial charge is 0.871 e. The lowest BCUT2D eigenvalue weighted by Gasteiger charge is -2.07. The maximum Gasteiger partial charge on any atom is 0.174 e. The number of hydrogen-bond donors (Lipinski definition) is 1. The number of phenols is 1. The molecule has 5 heteroatoms. The Kier molecular flexibility index (Phi) is 2.77. The Morgan fingerprint density at radius 3 is 2.69 bits per heavy atom. The van der Waals surface area contributed by atoms with E-state index in [1.54, 1.807) is 24.4 Å². The second-order valence-corrected chi connectivity index (χ2v) is 3.04. The number of hydrogen-bond acceptors (Lipinski definition) is 5. The van der Waals surface area contributed by atoms with Gasteiger partial charge < -0.3 is 10.2 Å². The fraction of sp³-hybridized carbons (Fsp3) is 0. The van der Waals surface area contributed by atoms with Crippen molar-refractivity contribution in [3.8, 4) is 11.5 Å². The number of benzene rings is 1. The third kappa shape index (κ3) is 2.33. The summed E-state index contributed by atoms with van der Waals surface area (Å²) in [5.41, 5.74) is 0.170. The summed E-state index contributed by atoms with van der Waals surface area (Å²) >= 11 is 0. The fourth-order valence-corrected chi connectivity index (χ4v) is 1.10. The second kappa shape index (κ2) is 4.39. The van der Waals surface area contributed by atoms with Crippen molar-refractivity contribution in [2.75, 3.05) is 0 Å². The van der Waals surface area contributed by atoms with Crippen LogP contribution in [0.15, 0.2) is 52.8 Å². The molecule has 0 radical (unpaired) electrons. The molecule has 0 aliphatic carbocycles. The van der Waals surface area contributed by atoms with Gasteiger partial charge >= 0.3 is 0 Å². The molecule has 80 valence electrons. The van der Waals surface area contributed by atoms with Gasteiger partial charge in [-0.25, -0.2) is 4.98 Å². The van der Waals surface area contributed by atoms with Gasteiger partial charge in [-0.3, -0.25) is 0 Å². The second-order valence-electron chi connectivity index (χ2n) is 3.04. The van der Waals surface area contributed by atoms with Crippen LogP contribution in [0, 0.1) is 0 Å². The molecular weight excluding hydrogens is 206 g/mol. The first-order chi connectivity index (χ1) is 7.75. The van der Waals surface area contributed by atoms with Gasteiger partial charge in [-0.2, -0.15) is 0 Å². The summed E-state index contributed by atoms with van der Waals surface area (Å²) in [4.78, 5) is 3.93. The number of azo groups is 1. The maximum absolute atomic E-state index is 11.3. The summed E-state index contributed by atoms with van der Waals surface area (Å²) < 4.78 is 0. The Hall–Kier alpha value is -2.43. The molecule has 5 nitrogen and oxygen atoms in total. The topological polar surface area (TPSA) is 80.9 Å². The van der Waals surface area contributed by atoms with Crippen LogP contribution in [0.25, 0.3) is 0 Å². The van der Waals surface area contributed by atoms with E-state index in [9.17, 15) is 5.11 Å². The van der Waals surface area contributed by atoms with Crippen LogP contribution in [0.1, 0.15) is 0 Å². The molecule has 1 heterocycles. The summed E-state index contributed by atoms with van der Waals surface area (Å²) in [5, 5.41) is 27.9. The molecule has 0 atom stereocenters. The van der Waals surface area contributed by atoms with E-state index in [0.29, 0.717) is 5.82 Å². The Morgan fingerprint density at radius 2 is 2.00 bits per heavy atom. The van der Waals surface area contributed by atoms with Crippen molar-refractivity contribution in [2.24, 2.45) is 10.2 Å². The van der Waals surface area contributed by atoms with Crippen molar-refractivity contribution in [3.63, 3.8) is 0 Å². The third-order valence-corrected chi connectivity index (χ3v) is 1.85. The van der Waals surface area contributed by atoms with Crippen LogP contribution >= 0.6 is 0 Å². The summed E-state index contributed by atoms with van der Waals surface area (Å²) in [7, 11) is 0. The van der Waals surface area contributed by atoms with Gasteiger partial charge in [-0.15, -0.1) is 10.2 Å². The molecule has 2 rings (SSSR count). The van der Waals surface area contributed by atoms with Crippen LogP contribution in [0.3, 0.4) is 0 Å². The summed E-state index contributed by atoms with van der Waals surface area (Å²) in [5.74, 6) is -0.0311. The Labute approximate surface area is 91.7 Å². The smallest absolute Gasteiger partial charge is 0.174 e. The average molecular weight is 214 g/mol. The van der Waals surface area contributed by atoms with Crippen molar-refractivity contribution in [1.82, 2.24) is 4.98 Å². The van der Waals surface area contributed by atoms with Crippen LogP contribution in [0.2, 0.25) is 0 Å². The highest BCUT2D eigenvalue weighted by Gasteiger charge is 1.94. The van der Waals surface area contributed by atoms with E-state index in [0.717, 1.165) is 6.07 Å². The van der Waals surface area contributed by atoms with Gasteiger partial charge in [0, 0.05) is 6.20 Å². The number of pyridine rings is 1. The first-order valence-electron chi connectivity index (χ1n) is 4.58.